The zero-order chi connectivity index (χ0) is 38.2. The molecule has 0 radical (unpaired) electrons. The van der Waals surface area contributed by atoms with Crippen LogP contribution in [0.15, 0.2) is 188 Å². The molecule has 0 saturated carbocycles. The molecule has 0 spiro atoms. The molecule has 6 heterocycles. The second kappa shape index (κ2) is 12.8. The van der Waals surface area contributed by atoms with Crippen LogP contribution in [0.4, 0.5) is 0 Å². The lowest BCUT2D eigenvalue weighted by molar-refractivity contribution is 0.996. The molecule has 58 heavy (non-hydrogen) atoms. The normalized spacial score (nSPS) is 11.8. The van der Waals surface area contributed by atoms with Crippen molar-refractivity contribution in [3.63, 3.8) is 0 Å². The first-order chi connectivity index (χ1) is 28.8. The number of aromatic nitrogens is 7. The van der Waals surface area contributed by atoms with Gasteiger partial charge in [0.2, 0.25) is 5.95 Å². The summed E-state index contributed by atoms with van der Waals surface area (Å²) in [7, 11) is 0. The molecule has 0 fully saturated rings. The average molecular weight is 742 g/mol. The second-order valence-electron chi connectivity index (χ2n) is 14.5. The summed E-state index contributed by atoms with van der Waals surface area (Å²) in [5.74, 6) is 0.596. The summed E-state index contributed by atoms with van der Waals surface area (Å²) in [4.78, 5) is 25.0. The maximum atomic E-state index is 5.38. The van der Waals surface area contributed by atoms with E-state index in [4.69, 9.17) is 15.0 Å². The molecule has 0 saturated heterocycles. The number of pyridine rings is 3. The Kier molecular flexibility index (Phi) is 7.09. The zero-order valence-corrected chi connectivity index (χ0v) is 31.0. The fourth-order valence-corrected chi connectivity index (χ4v) is 8.59. The van der Waals surface area contributed by atoms with Crippen LogP contribution in [0.2, 0.25) is 0 Å². The first-order valence-electron chi connectivity index (χ1n) is 19.3. The highest BCUT2D eigenvalue weighted by Gasteiger charge is 2.22. The molecule has 0 aliphatic carbocycles. The van der Waals surface area contributed by atoms with Gasteiger partial charge in [-0.3, -0.25) is 18.9 Å². The Balaban J connectivity index is 1.13. The Morgan fingerprint density at radius 1 is 0.345 bits per heavy atom. The van der Waals surface area contributed by atoms with Crippen LogP contribution in [-0.2, 0) is 0 Å². The van der Waals surface area contributed by atoms with Crippen molar-refractivity contribution < 1.29 is 0 Å². The van der Waals surface area contributed by atoms with Crippen LogP contribution in [0.25, 0.3) is 111 Å². The van der Waals surface area contributed by atoms with Gasteiger partial charge in [-0.1, -0.05) is 115 Å². The number of hydrogen-bond donors (Lipinski definition) is 0. The molecule has 270 valence electrons. The lowest BCUT2D eigenvalue weighted by Gasteiger charge is -2.13. The fourth-order valence-electron chi connectivity index (χ4n) is 8.59. The first-order valence-corrected chi connectivity index (χ1v) is 19.3. The molecule has 0 bridgehead atoms. The highest BCUT2D eigenvalue weighted by molar-refractivity contribution is 6.29. The van der Waals surface area contributed by atoms with Crippen molar-refractivity contribution in [2.24, 2.45) is 0 Å². The number of imidazole rings is 1. The molecular formula is C51H31N7. The van der Waals surface area contributed by atoms with Crippen molar-refractivity contribution in [2.45, 2.75) is 0 Å². The highest BCUT2D eigenvalue weighted by atomic mass is 15.2. The minimum absolute atomic E-state index is 0.596. The largest absolute Gasteiger partial charge is 0.292 e. The third-order valence-electron chi connectivity index (χ3n) is 11.3. The van der Waals surface area contributed by atoms with Crippen molar-refractivity contribution in [3.8, 4) is 51.0 Å². The SMILES string of the molecule is c1ccc(-c2ccc(-c3cc(-c4ccc(-c5ccccn5)cc4)nc(-n4c5ccccc5c5c6c7ccccc7c7nc8ccccc8n7c6ccc54)n3)cc2)nc1. The molecule has 7 heteroatoms. The van der Waals surface area contributed by atoms with E-state index in [2.05, 4.69) is 158 Å². The van der Waals surface area contributed by atoms with Gasteiger partial charge >= 0.3 is 0 Å². The molecule has 6 aromatic heterocycles. The predicted octanol–water partition coefficient (Wildman–Crippen LogP) is 12.1. The van der Waals surface area contributed by atoms with Crippen LogP contribution >= 0.6 is 0 Å². The van der Waals surface area contributed by atoms with Crippen LogP contribution in [0.1, 0.15) is 0 Å². The Labute approximate surface area is 332 Å². The first kappa shape index (κ1) is 32.2. The van der Waals surface area contributed by atoms with Crippen LogP contribution in [0, 0.1) is 0 Å². The van der Waals surface area contributed by atoms with E-state index in [0.29, 0.717) is 5.95 Å². The number of benzene rings is 6. The standard InChI is InChI=1S/C51H31N7/c1-2-12-37-36(11-1)48-46(57-45-18-6-4-16-41(45)54-50(37)57)27-28-47-49(48)38-13-3-5-17-44(38)58(47)51-55-42(34-23-19-32(20-24-34)39-14-7-9-29-52-39)31-43(56-51)35-25-21-33(22-26-35)40-15-8-10-30-53-40/h1-31H. The summed E-state index contributed by atoms with van der Waals surface area (Å²) >= 11 is 0. The Morgan fingerprint density at radius 3 is 1.47 bits per heavy atom. The van der Waals surface area contributed by atoms with Crippen LogP contribution in [0.3, 0.4) is 0 Å². The van der Waals surface area contributed by atoms with Crippen molar-refractivity contribution in [1.82, 2.24) is 33.9 Å². The van der Waals surface area contributed by atoms with E-state index in [9.17, 15) is 0 Å². The molecule has 0 aliphatic rings. The van der Waals surface area contributed by atoms with E-state index in [1.165, 1.54) is 5.39 Å². The van der Waals surface area contributed by atoms with E-state index in [1.54, 1.807) is 0 Å². The van der Waals surface area contributed by atoms with Gasteiger partial charge in [0, 0.05) is 56.2 Å². The van der Waals surface area contributed by atoms with Crippen molar-refractivity contribution in [1.29, 1.82) is 0 Å². The van der Waals surface area contributed by atoms with Crippen molar-refractivity contribution >= 4 is 60.2 Å². The molecular weight excluding hydrogens is 711 g/mol. The average Bonchev–Trinajstić information content (AvgIpc) is 3.86. The third kappa shape index (κ3) is 4.97. The summed E-state index contributed by atoms with van der Waals surface area (Å²) in [5.41, 5.74) is 13.8. The Morgan fingerprint density at radius 2 is 0.845 bits per heavy atom. The number of rotatable bonds is 5. The van der Waals surface area contributed by atoms with Gasteiger partial charge in [0.25, 0.3) is 0 Å². The topological polar surface area (TPSA) is 73.8 Å². The molecule has 6 aromatic carbocycles. The van der Waals surface area contributed by atoms with Gasteiger partial charge in [-0.2, -0.15) is 0 Å². The summed E-state index contributed by atoms with van der Waals surface area (Å²) < 4.78 is 4.55. The Hall–Kier alpha value is -8.03. The summed E-state index contributed by atoms with van der Waals surface area (Å²) in [5, 5.41) is 5.72. The maximum Gasteiger partial charge on any atom is 0.235 e. The molecule has 0 aliphatic heterocycles. The predicted molar refractivity (Wildman–Crippen MR) is 235 cm³/mol. The van der Waals surface area contributed by atoms with Gasteiger partial charge in [0.15, 0.2) is 0 Å². The van der Waals surface area contributed by atoms with Crippen LogP contribution in [-0.4, -0.2) is 33.9 Å². The quantitative estimate of drug-likeness (QED) is 0.164. The molecule has 12 aromatic rings. The molecule has 7 nitrogen and oxygen atoms in total. The van der Waals surface area contributed by atoms with Crippen LogP contribution < -0.4 is 0 Å². The van der Waals surface area contributed by atoms with Gasteiger partial charge < -0.3 is 0 Å². The van der Waals surface area contributed by atoms with Gasteiger partial charge in [0.05, 0.1) is 50.4 Å². The lowest BCUT2D eigenvalue weighted by atomic mass is 10.0. The van der Waals surface area contributed by atoms with Gasteiger partial charge in [-0.05, 0) is 66.0 Å². The van der Waals surface area contributed by atoms with E-state index in [1.807, 2.05) is 48.8 Å². The summed E-state index contributed by atoms with van der Waals surface area (Å²) in [6, 6.07) is 61.0. The van der Waals surface area contributed by atoms with E-state index in [-0.39, 0.29) is 0 Å². The number of nitrogens with zero attached hydrogens (tertiary/aromatic N) is 7. The maximum absolute atomic E-state index is 5.38. The Bertz CT molecular complexity index is 3430. The van der Waals surface area contributed by atoms with E-state index < -0.39 is 0 Å². The number of para-hydroxylation sites is 3. The molecule has 0 unspecified atom stereocenters. The van der Waals surface area contributed by atoms with Crippen molar-refractivity contribution in [3.05, 3.63) is 188 Å². The third-order valence-corrected chi connectivity index (χ3v) is 11.3. The zero-order valence-electron chi connectivity index (χ0n) is 31.0. The van der Waals surface area contributed by atoms with E-state index in [0.717, 1.165) is 99.8 Å². The van der Waals surface area contributed by atoms with E-state index >= 15 is 0 Å². The molecule has 0 amide bonds. The summed E-state index contributed by atoms with van der Waals surface area (Å²) in [6.45, 7) is 0. The number of fused-ring (bicyclic) bond motifs is 12. The minimum atomic E-state index is 0.596. The molecule has 12 rings (SSSR count). The van der Waals surface area contributed by atoms with Gasteiger partial charge in [-0.15, -0.1) is 0 Å². The van der Waals surface area contributed by atoms with Gasteiger partial charge in [0.1, 0.15) is 5.65 Å². The van der Waals surface area contributed by atoms with Gasteiger partial charge in [-0.25, -0.2) is 15.0 Å². The second-order valence-corrected chi connectivity index (χ2v) is 14.5. The minimum Gasteiger partial charge on any atom is -0.292 e. The molecule has 0 N–H and O–H groups in total. The monoisotopic (exact) mass is 741 g/mol. The smallest absolute Gasteiger partial charge is 0.235 e. The fraction of sp³-hybridized carbons (Fsp3) is 0. The lowest BCUT2D eigenvalue weighted by Crippen LogP contribution is -2.04. The van der Waals surface area contributed by atoms with Crippen molar-refractivity contribution in [2.75, 3.05) is 0 Å². The molecule has 0 atom stereocenters. The number of hydrogen-bond acceptors (Lipinski definition) is 5. The van der Waals surface area contributed by atoms with Crippen LogP contribution in [0.5, 0.6) is 0 Å². The summed E-state index contributed by atoms with van der Waals surface area (Å²) in [6.07, 6.45) is 3.65. The highest BCUT2D eigenvalue weighted by Crippen LogP contribution is 2.42.